The summed E-state index contributed by atoms with van der Waals surface area (Å²) in [5.41, 5.74) is 5.28. The summed E-state index contributed by atoms with van der Waals surface area (Å²) in [5.74, 6) is 2.42. The number of benzene rings is 2. The Morgan fingerprint density at radius 1 is 1.00 bits per heavy atom. The van der Waals surface area contributed by atoms with E-state index in [0.29, 0.717) is 6.79 Å². The van der Waals surface area contributed by atoms with Gasteiger partial charge in [0, 0.05) is 30.4 Å². The van der Waals surface area contributed by atoms with Crippen LogP contribution in [0, 0.1) is 0 Å². The zero-order valence-corrected chi connectivity index (χ0v) is 14.5. The number of nitrogens with zero attached hydrogens (tertiary/aromatic N) is 1. The highest BCUT2D eigenvalue weighted by Crippen LogP contribution is 2.43. The van der Waals surface area contributed by atoms with Crippen LogP contribution in [0.2, 0.25) is 0 Å². The lowest BCUT2D eigenvalue weighted by Gasteiger charge is -2.31. The predicted molar refractivity (Wildman–Crippen MR) is 97.1 cm³/mol. The molecule has 0 spiro atoms. The van der Waals surface area contributed by atoms with Crippen molar-refractivity contribution in [1.82, 2.24) is 0 Å². The molecule has 0 aromatic heterocycles. The van der Waals surface area contributed by atoms with Crippen LogP contribution >= 0.6 is 0 Å². The van der Waals surface area contributed by atoms with Crippen molar-refractivity contribution in [3.8, 4) is 11.5 Å². The molecule has 1 unspecified atom stereocenters. The molecule has 130 valence electrons. The predicted octanol–water partition coefficient (Wildman–Crippen LogP) is 4.39. The first-order chi connectivity index (χ1) is 12.3. The van der Waals surface area contributed by atoms with Gasteiger partial charge in [-0.1, -0.05) is 12.1 Å². The topological polar surface area (TPSA) is 30.9 Å². The molecule has 0 amide bonds. The van der Waals surface area contributed by atoms with Crippen LogP contribution < -0.4 is 14.4 Å². The van der Waals surface area contributed by atoms with Crippen LogP contribution in [0.1, 0.15) is 36.8 Å². The lowest BCUT2D eigenvalue weighted by molar-refractivity contribution is 0.0703. The zero-order valence-electron chi connectivity index (χ0n) is 14.5. The summed E-state index contributed by atoms with van der Waals surface area (Å²) < 4.78 is 17.0. The van der Waals surface area contributed by atoms with Crippen LogP contribution in [-0.4, -0.2) is 26.0 Å². The van der Waals surface area contributed by atoms with Gasteiger partial charge in [0.1, 0.15) is 0 Å². The Morgan fingerprint density at radius 3 is 2.76 bits per heavy atom. The third-order valence-electron chi connectivity index (χ3n) is 5.34. The van der Waals surface area contributed by atoms with Crippen molar-refractivity contribution in [2.45, 2.75) is 38.2 Å². The molecule has 4 nitrogen and oxygen atoms in total. The van der Waals surface area contributed by atoms with Gasteiger partial charge in [-0.05, 0) is 55.0 Å². The normalized spacial score (nSPS) is 22.3. The van der Waals surface area contributed by atoms with E-state index < -0.39 is 0 Å². The summed E-state index contributed by atoms with van der Waals surface area (Å²) in [6.45, 7) is 4.03. The van der Waals surface area contributed by atoms with Gasteiger partial charge in [0.05, 0.1) is 12.7 Å². The Labute approximate surface area is 148 Å². The number of hydrogen-bond acceptors (Lipinski definition) is 4. The molecule has 1 saturated carbocycles. The van der Waals surface area contributed by atoms with Crippen molar-refractivity contribution in [1.29, 1.82) is 0 Å². The molecule has 4 heteroatoms. The summed E-state index contributed by atoms with van der Waals surface area (Å²) in [6, 6.07) is 13.2. The zero-order chi connectivity index (χ0) is 16.8. The molecule has 1 atom stereocenters. The lowest BCUT2D eigenvalue weighted by Crippen LogP contribution is -2.29. The highest BCUT2D eigenvalue weighted by molar-refractivity contribution is 5.70. The molecule has 2 aromatic carbocycles. The van der Waals surface area contributed by atoms with Crippen molar-refractivity contribution >= 4 is 11.4 Å². The van der Waals surface area contributed by atoms with Gasteiger partial charge in [0.2, 0.25) is 6.79 Å². The quantitative estimate of drug-likeness (QED) is 0.813. The van der Waals surface area contributed by atoms with Crippen LogP contribution in [0.4, 0.5) is 11.4 Å². The van der Waals surface area contributed by atoms with E-state index in [4.69, 9.17) is 14.2 Å². The summed E-state index contributed by atoms with van der Waals surface area (Å²) in [7, 11) is 0. The summed E-state index contributed by atoms with van der Waals surface area (Å²) in [6.07, 6.45) is 3.87. The van der Waals surface area contributed by atoms with E-state index in [0.717, 1.165) is 42.7 Å². The Morgan fingerprint density at radius 2 is 1.88 bits per heavy atom. The molecule has 2 aromatic rings. The van der Waals surface area contributed by atoms with E-state index in [1.807, 2.05) is 6.07 Å². The Kier molecular flexibility index (Phi) is 3.59. The second kappa shape index (κ2) is 5.95. The van der Waals surface area contributed by atoms with Crippen molar-refractivity contribution in [3.05, 3.63) is 47.5 Å². The fraction of sp³-hybridized carbons (Fsp3) is 0.429. The number of hydrogen-bond donors (Lipinski definition) is 0. The van der Waals surface area contributed by atoms with Gasteiger partial charge in [0.15, 0.2) is 11.5 Å². The summed E-state index contributed by atoms with van der Waals surface area (Å²) >= 11 is 0. The van der Waals surface area contributed by atoms with Gasteiger partial charge in [-0.15, -0.1) is 0 Å². The van der Waals surface area contributed by atoms with Crippen molar-refractivity contribution in [3.63, 3.8) is 0 Å². The molecule has 2 aliphatic heterocycles. The molecule has 0 N–H and O–H groups in total. The third-order valence-corrected chi connectivity index (χ3v) is 5.34. The molecule has 1 aliphatic carbocycles. The van der Waals surface area contributed by atoms with Crippen molar-refractivity contribution in [2.24, 2.45) is 0 Å². The largest absolute Gasteiger partial charge is 0.454 e. The van der Waals surface area contributed by atoms with Gasteiger partial charge in [-0.2, -0.15) is 0 Å². The first-order valence-electron chi connectivity index (χ1n) is 9.19. The van der Waals surface area contributed by atoms with Gasteiger partial charge in [0.25, 0.3) is 0 Å². The highest BCUT2D eigenvalue weighted by Gasteiger charge is 2.26. The maximum absolute atomic E-state index is 6.00. The molecule has 2 heterocycles. The van der Waals surface area contributed by atoms with E-state index in [-0.39, 0.29) is 6.10 Å². The van der Waals surface area contributed by atoms with Gasteiger partial charge >= 0.3 is 0 Å². The second-order valence-electron chi connectivity index (χ2n) is 7.24. The van der Waals surface area contributed by atoms with Crippen LogP contribution in [0.25, 0.3) is 0 Å². The molecule has 3 aliphatic rings. The molecule has 0 radical (unpaired) electrons. The van der Waals surface area contributed by atoms with Gasteiger partial charge in [-0.3, -0.25) is 0 Å². The maximum atomic E-state index is 6.00. The smallest absolute Gasteiger partial charge is 0.231 e. The van der Waals surface area contributed by atoms with E-state index >= 15 is 0 Å². The van der Waals surface area contributed by atoms with Crippen molar-refractivity contribution in [2.75, 3.05) is 24.8 Å². The van der Waals surface area contributed by atoms with E-state index in [2.05, 4.69) is 42.2 Å². The van der Waals surface area contributed by atoms with Gasteiger partial charge < -0.3 is 19.1 Å². The van der Waals surface area contributed by atoms with Gasteiger partial charge in [-0.25, -0.2) is 0 Å². The molecule has 0 bridgehead atoms. The second-order valence-corrected chi connectivity index (χ2v) is 7.24. The average molecular weight is 337 g/mol. The minimum absolute atomic E-state index is 0.257. The van der Waals surface area contributed by atoms with E-state index in [1.165, 1.54) is 29.7 Å². The third kappa shape index (κ3) is 2.85. The first-order valence-corrected chi connectivity index (χ1v) is 9.19. The number of anilines is 2. The fourth-order valence-electron chi connectivity index (χ4n) is 3.86. The number of fused-ring (bicyclic) bond motifs is 2. The van der Waals surface area contributed by atoms with Crippen LogP contribution in [0.5, 0.6) is 11.5 Å². The van der Waals surface area contributed by atoms with Crippen LogP contribution in [0.15, 0.2) is 36.4 Å². The summed E-state index contributed by atoms with van der Waals surface area (Å²) in [4.78, 5) is 2.35. The highest BCUT2D eigenvalue weighted by atomic mass is 16.7. The maximum Gasteiger partial charge on any atom is 0.231 e. The molecule has 1 fully saturated rings. The minimum atomic E-state index is 0.257. The summed E-state index contributed by atoms with van der Waals surface area (Å²) in [5, 5.41) is 0. The van der Waals surface area contributed by atoms with Crippen molar-refractivity contribution < 1.29 is 14.2 Å². The molecule has 0 saturated heterocycles. The average Bonchev–Trinajstić information content (AvgIpc) is 3.35. The van der Waals surface area contributed by atoms with E-state index in [1.54, 1.807) is 0 Å². The first kappa shape index (κ1) is 15.1. The fourth-order valence-corrected chi connectivity index (χ4v) is 3.86. The molecular weight excluding hydrogens is 314 g/mol. The van der Waals surface area contributed by atoms with Crippen LogP contribution in [0.3, 0.4) is 0 Å². The van der Waals surface area contributed by atoms with Crippen LogP contribution in [-0.2, 0) is 11.2 Å². The number of rotatable bonds is 2. The lowest BCUT2D eigenvalue weighted by atomic mass is 9.99. The number of ether oxygens (including phenoxy) is 3. The Hall–Kier alpha value is -2.20. The minimum Gasteiger partial charge on any atom is -0.454 e. The Balaban J connectivity index is 1.56. The SMILES string of the molecule is CC1Cc2cc(C3CC3)ccc2N(c2ccc3c(c2)OCO3)CCO1. The van der Waals surface area contributed by atoms with E-state index in [9.17, 15) is 0 Å². The monoisotopic (exact) mass is 337 g/mol. The Bertz CT molecular complexity index is 800. The molecule has 5 rings (SSSR count). The molecule has 25 heavy (non-hydrogen) atoms. The standard InChI is InChI=1S/C21H23NO3/c1-14-10-17-11-16(15-2-3-15)4-6-19(17)22(8-9-23-14)18-5-7-20-21(12-18)25-13-24-20/h4-7,11-12,14-15H,2-3,8-10,13H2,1H3. The molecular formula is C21H23NO3.